The zero-order valence-corrected chi connectivity index (χ0v) is 17.1. The van der Waals surface area contributed by atoms with Crippen molar-refractivity contribution in [1.82, 2.24) is 19.9 Å². The molecule has 1 amide bonds. The Hall–Kier alpha value is -2.89. The number of anilines is 1. The predicted molar refractivity (Wildman–Crippen MR) is 114 cm³/mol. The minimum Gasteiger partial charge on any atom is -0.354 e. The zero-order valence-electron chi connectivity index (χ0n) is 17.1. The quantitative estimate of drug-likeness (QED) is 0.742. The SMILES string of the molecule is Cc1ccc(-c2cc3c(N4CCC[C@H](C(=O)NC5CC5)C4)nccn3n2)c(C)c1. The van der Waals surface area contributed by atoms with Crippen LogP contribution in [0.5, 0.6) is 0 Å². The van der Waals surface area contributed by atoms with Gasteiger partial charge in [0.1, 0.15) is 5.52 Å². The van der Waals surface area contributed by atoms with Crippen molar-refractivity contribution in [2.24, 2.45) is 5.92 Å². The minimum absolute atomic E-state index is 0.0353. The number of aryl methyl sites for hydroxylation is 2. The summed E-state index contributed by atoms with van der Waals surface area (Å²) in [5, 5.41) is 7.97. The zero-order chi connectivity index (χ0) is 20.0. The van der Waals surface area contributed by atoms with Crippen LogP contribution < -0.4 is 10.2 Å². The van der Waals surface area contributed by atoms with Crippen LogP contribution in [0.4, 0.5) is 5.82 Å². The van der Waals surface area contributed by atoms with Crippen molar-refractivity contribution in [3.8, 4) is 11.3 Å². The van der Waals surface area contributed by atoms with Crippen LogP contribution in [-0.2, 0) is 4.79 Å². The number of piperidine rings is 1. The van der Waals surface area contributed by atoms with E-state index < -0.39 is 0 Å². The molecule has 0 unspecified atom stereocenters. The Morgan fingerprint density at radius 1 is 1.17 bits per heavy atom. The number of rotatable bonds is 4. The van der Waals surface area contributed by atoms with E-state index in [9.17, 15) is 4.79 Å². The first-order valence-corrected chi connectivity index (χ1v) is 10.6. The molecule has 0 radical (unpaired) electrons. The lowest BCUT2D eigenvalue weighted by atomic mass is 9.97. The number of nitrogens with one attached hydrogen (secondary N) is 1. The molecule has 2 aromatic heterocycles. The summed E-state index contributed by atoms with van der Waals surface area (Å²) in [5.41, 5.74) is 5.56. The predicted octanol–water partition coefficient (Wildman–Crippen LogP) is 3.51. The third kappa shape index (κ3) is 3.59. The van der Waals surface area contributed by atoms with Crippen LogP contribution in [-0.4, -0.2) is 39.6 Å². The average Bonchev–Trinajstić information content (AvgIpc) is 3.42. The lowest BCUT2D eigenvalue weighted by Crippen LogP contribution is -2.44. The summed E-state index contributed by atoms with van der Waals surface area (Å²) in [6.07, 6.45) is 7.90. The van der Waals surface area contributed by atoms with Crippen molar-refractivity contribution < 1.29 is 4.79 Å². The second-order valence-electron chi connectivity index (χ2n) is 8.50. The van der Waals surface area contributed by atoms with E-state index >= 15 is 0 Å². The average molecular weight is 390 g/mol. The summed E-state index contributed by atoms with van der Waals surface area (Å²) in [6, 6.07) is 8.98. The summed E-state index contributed by atoms with van der Waals surface area (Å²) >= 11 is 0. The molecule has 6 heteroatoms. The van der Waals surface area contributed by atoms with E-state index in [4.69, 9.17) is 5.10 Å². The van der Waals surface area contributed by atoms with Gasteiger partial charge in [0.15, 0.2) is 5.82 Å². The Morgan fingerprint density at radius 2 is 2.03 bits per heavy atom. The van der Waals surface area contributed by atoms with E-state index in [1.54, 1.807) is 6.20 Å². The fourth-order valence-corrected chi connectivity index (χ4v) is 4.31. The maximum Gasteiger partial charge on any atom is 0.225 e. The Labute approximate surface area is 170 Å². The molecule has 150 valence electrons. The van der Waals surface area contributed by atoms with Crippen molar-refractivity contribution in [3.05, 3.63) is 47.8 Å². The second-order valence-corrected chi connectivity index (χ2v) is 8.50. The highest BCUT2D eigenvalue weighted by molar-refractivity contribution is 5.81. The van der Waals surface area contributed by atoms with Gasteiger partial charge in [-0.1, -0.05) is 23.8 Å². The lowest BCUT2D eigenvalue weighted by Gasteiger charge is -2.33. The number of aromatic nitrogens is 3. The van der Waals surface area contributed by atoms with Crippen molar-refractivity contribution in [2.75, 3.05) is 18.0 Å². The van der Waals surface area contributed by atoms with Crippen molar-refractivity contribution in [2.45, 2.75) is 45.6 Å². The summed E-state index contributed by atoms with van der Waals surface area (Å²) < 4.78 is 1.91. The maximum atomic E-state index is 12.6. The number of benzene rings is 1. The Morgan fingerprint density at radius 3 is 2.83 bits per heavy atom. The first-order chi connectivity index (χ1) is 14.1. The van der Waals surface area contributed by atoms with E-state index in [1.165, 1.54) is 11.1 Å². The molecule has 3 heterocycles. The lowest BCUT2D eigenvalue weighted by molar-refractivity contribution is -0.125. The van der Waals surface area contributed by atoms with E-state index in [1.807, 2.05) is 10.7 Å². The number of nitrogens with zero attached hydrogens (tertiary/aromatic N) is 4. The number of amides is 1. The maximum absolute atomic E-state index is 12.6. The number of hydrogen-bond acceptors (Lipinski definition) is 4. The first-order valence-electron chi connectivity index (χ1n) is 10.6. The highest BCUT2D eigenvalue weighted by atomic mass is 16.2. The van der Waals surface area contributed by atoms with Crippen LogP contribution >= 0.6 is 0 Å². The normalized spacial score (nSPS) is 19.5. The van der Waals surface area contributed by atoms with Gasteiger partial charge in [0.05, 0.1) is 11.6 Å². The van der Waals surface area contributed by atoms with Gasteiger partial charge in [0.25, 0.3) is 0 Å². The number of fused-ring (bicyclic) bond motifs is 1. The van der Waals surface area contributed by atoms with Crippen LogP contribution in [0.15, 0.2) is 36.7 Å². The fraction of sp³-hybridized carbons (Fsp3) is 0.435. The summed E-state index contributed by atoms with van der Waals surface area (Å²) in [4.78, 5) is 19.5. The van der Waals surface area contributed by atoms with Gasteiger partial charge in [-0.05, 0) is 51.2 Å². The highest BCUT2D eigenvalue weighted by Crippen LogP contribution is 2.30. The molecule has 3 aromatic rings. The van der Waals surface area contributed by atoms with Gasteiger partial charge in [-0.3, -0.25) is 4.79 Å². The third-order valence-electron chi connectivity index (χ3n) is 6.04. The Balaban J connectivity index is 1.45. The molecule has 0 spiro atoms. The first kappa shape index (κ1) is 18.2. The molecule has 1 saturated heterocycles. The summed E-state index contributed by atoms with van der Waals surface area (Å²) in [5.74, 6) is 1.15. The molecule has 1 aliphatic heterocycles. The molecule has 6 nitrogen and oxygen atoms in total. The molecule has 2 aliphatic rings. The molecule has 1 aliphatic carbocycles. The van der Waals surface area contributed by atoms with Gasteiger partial charge >= 0.3 is 0 Å². The van der Waals surface area contributed by atoms with Crippen LogP contribution in [0, 0.1) is 19.8 Å². The number of carbonyl (C=O) groups is 1. The third-order valence-corrected chi connectivity index (χ3v) is 6.04. The largest absolute Gasteiger partial charge is 0.354 e. The molecule has 2 fully saturated rings. The highest BCUT2D eigenvalue weighted by Gasteiger charge is 2.31. The molecule has 1 saturated carbocycles. The molecule has 0 bridgehead atoms. The van der Waals surface area contributed by atoms with Crippen molar-refractivity contribution >= 4 is 17.2 Å². The molecule has 1 N–H and O–H groups in total. The van der Waals surface area contributed by atoms with Crippen LogP contribution in [0.1, 0.15) is 36.8 Å². The van der Waals surface area contributed by atoms with Gasteiger partial charge in [0, 0.05) is 37.1 Å². The van der Waals surface area contributed by atoms with E-state index in [-0.39, 0.29) is 11.8 Å². The van der Waals surface area contributed by atoms with Crippen LogP contribution in [0.3, 0.4) is 0 Å². The smallest absolute Gasteiger partial charge is 0.225 e. The van der Waals surface area contributed by atoms with Crippen LogP contribution in [0.25, 0.3) is 16.8 Å². The topological polar surface area (TPSA) is 62.5 Å². The molecular formula is C23H27N5O. The molecule has 29 heavy (non-hydrogen) atoms. The Kier molecular flexibility index (Phi) is 4.49. The molecular weight excluding hydrogens is 362 g/mol. The van der Waals surface area contributed by atoms with E-state index in [0.717, 1.165) is 61.4 Å². The van der Waals surface area contributed by atoms with E-state index in [0.29, 0.717) is 6.04 Å². The monoisotopic (exact) mass is 389 g/mol. The van der Waals surface area contributed by atoms with Gasteiger partial charge < -0.3 is 10.2 Å². The Bertz CT molecular complexity index is 1070. The summed E-state index contributed by atoms with van der Waals surface area (Å²) in [7, 11) is 0. The molecule has 1 atom stereocenters. The fourth-order valence-electron chi connectivity index (χ4n) is 4.31. The standard InChI is InChI=1S/C23H27N5O/c1-15-5-8-19(16(2)12-15)20-13-21-22(24-9-11-28(21)26-20)27-10-3-4-17(14-27)23(29)25-18-6-7-18/h5,8-9,11-13,17-18H,3-4,6-7,10,14H2,1-2H3,(H,25,29)/t17-/m0/s1. The van der Waals surface area contributed by atoms with Crippen molar-refractivity contribution in [1.29, 1.82) is 0 Å². The van der Waals surface area contributed by atoms with Gasteiger partial charge in [-0.15, -0.1) is 0 Å². The number of carbonyl (C=O) groups excluding carboxylic acids is 1. The number of hydrogen-bond donors (Lipinski definition) is 1. The van der Waals surface area contributed by atoms with Crippen LogP contribution in [0.2, 0.25) is 0 Å². The van der Waals surface area contributed by atoms with E-state index in [2.05, 4.69) is 53.3 Å². The molecule has 5 rings (SSSR count). The van der Waals surface area contributed by atoms with Gasteiger partial charge in [-0.2, -0.15) is 5.10 Å². The minimum atomic E-state index is 0.0353. The van der Waals surface area contributed by atoms with Gasteiger partial charge in [-0.25, -0.2) is 9.50 Å². The molecule has 1 aromatic carbocycles. The van der Waals surface area contributed by atoms with Gasteiger partial charge in [0.2, 0.25) is 5.91 Å². The second kappa shape index (κ2) is 7.17. The summed E-state index contributed by atoms with van der Waals surface area (Å²) in [6.45, 7) is 5.87. The van der Waals surface area contributed by atoms with Crippen molar-refractivity contribution in [3.63, 3.8) is 0 Å².